The van der Waals surface area contributed by atoms with Crippen LogP contribution >= 0.6 is 0 Å². The van der Waals surface area contributed by atoms with Crippen molar-refractivity contribution in [1.29, 1.82) is 0 Å². The zero-order valence-electron chi connectivity index (χ0n) is 21.8. The molecule has 8 heteroatoms. The summed E-state index contributed by atoms with van der Waals surface area (Å²) in [6.45, 7) is 2.83. The summed E-state index contributed by atoms with van der Waals surface area (Å²) in [4.78, 5) is 18.9. The number of hydrogen-bond donors (Lipinski definition) is 1. The molecule has 1 aromatic carbocycles. The fourth-order valence-corrected chi connectivity index (χ4v) is 6.30. The Labute approximate surface area is 213 Å². The van der Waals surface area contributed by atoms with Crippen molar-refractivity contribution in [2.45, 2.75) is 109 Å². The second-order valence-electron chi connectivity index (χ2n) is 10.6. The number of nitrogens with zero attached hydrogens (tertiary/aromatic N) is 5. The fraction of sp³-hybridized carbons (Fsp3) is 0.643. The Bertz CT molecular complexity index is 1190. The average molecular weight is 493 g/mol. The first kappa shape index (κ1) is 24.9. The zero-order chi connectivity index (χ0) is 24.9. The molecule has 5 rings (SSSR count). The van der Waals surface area contributed by atoms with Gasteiger partial charge in [-0.3, -0.25) is 9.69 Å². The zero-order valence-corrected chi connectivity index (χ0v) is 21.8. The summed E-state index contributed by atoms with van der Waals surface area (Å²) in [7, 11) is 1.64. The number of pyridine rings is 1. The van der Waals surface area contributed by atoms with Crippen LogP contribution in [0.1, 0.15) is 107 Å². The van der Waals surface area contributed by atoms with Gasteiger partial charge in [-0.1, -0.05) is 51.9 Å². The second-order valence-corrected chi connectivity index (χ2v) is 10.6. The maximum absolute atomic E-state index is 13.3. The van der Waals surface area contributed by atoms with Crippen LogP contribution in [0, 0.1) is 0 Å². The summed E-state index contributed by atoms with van der Waals surface area (Å²) in [5.41, 5.74) is 1.58. The topological polar surface area (TPSA) is 88.9 Å². The van der Waals surface area contributed by atoms with Crippen LogP contribution in [-0.4, -0.2) is 43.2 Å². The molecular formula is C28H40N6O2. The standard InChI is InChI=1S/C28H40N6O2/c1-3-10-26(27-30-31-32-34(27)23-13-8-5-9-14-23)33(22-11-6-4-7-12-22)19-21-17-20-15-16-24(36-2)18-25(20)29-28(21)35/h15-18,22-23,26H,3-14,19H2,1-2H3,(H,29,35)/t26-/m1/s1. The molecule has 0 spiro atoms. The Balaban J connectivity index is 1.52. The molecule has 2 aliphatic rings. The van der Waals surface area contributed by atoms with Crippen molar-refractivity contribution in [2.75, 3.05) is 7.11 Å². The maximum Gasteiger partial charge on any atom is 0.252 e. The lowest BCUT2D eigenvalue weighted by atomic mass is 9.91. The molecule has 0 bridgehead atoms. The van der Waals surface area contributed by atoms with Crippen LogP contribution in [0.2, 0.25) is 0 Å². The molecule has 1 N–H and O–H groups in total. The van der Waals surface area contributed by atoms with E-state index in [0.717, 1.165) is 66.6 Å². The van der Waals surface area contributed by atoms with Crippen LogP contribution in [0.5, 0.6) is 5.75 Å². The number of H-pyrrole nitrogens is 1. The number of benzene rings is 1. The molecule has 2 fully saturated rings. The fourth-order valence-electron chi connectivity index (χ4n) is 6.30. The maximum atomic E-state index is 13.3. The molecule has 2 heterocycles. The van der Waals surface area contributed by atoms with E-state index in [1.54, 1.807) is 7.11 Å². The molecule has 0 saturated heterocycles. The normalized spacial score (nSPS) is 18.6. The van der Waals surface area contributed by atoms with E-state index in [1.807, 2.05) is 18.2 Å². The van der Waals surface area contributed by atoms with Crippen LogP contribution in [-0.2, 0) is 6.54 Å². The third-order valence-corrected chi connectivity index (χ3v) is 8.23. The lowest BCUT2D eigenvalue weighted by molar-refractivity contribution is 0.0789. The van der Waals surface area contributed by atoms with Gasteiger partial charge in [-0.25, -0.2) is 4.68 Å². The molecule has 2 saturated carbocycles. The number of fused-ring (bicyclic) bond motifs is 1. The number of methoxy groups -OCH3 is 1. The van der Waals surface area contributed by atoms with Gasteiger partial charge in [-0.05, 0) is 66.1 Å². The highest BCUT2D eigenvalue weighted by atomic mass is 16.5. The van der Waals surface area contributed by atoms with E-state index in [2.05, 4.69) is 43.1 Å². The minimum absolute atomic E-state index is 0.0290. The van der Waals surface area contributed by atoms with Crippen LogP contribution in [0.15, 0.2) is 29.1 Å². The largest absolute Gasteiger partial charge is 0.497 e. The predicted octanol–water partition coefficient (Wildman–Crippen LogP) is 5.70. The van der Waals surface area contributed by atoms with Crippen molar-refractivity contribution in [3.05, 3.63) is 46.0 Å². The number of ether oxygens (including phenoxy) is 1. The van der Waals surface area contributed by atoms with E-state index in [9.17, 15) is 4.79 Å². The SMILES string of the molecule is CCC[C@H](c1nnnn1C1CCCCC1)N(Cc1cc2ccc(OC)cc2[nH]c1=O)C1CCCCC1. The van der Waals surface area contributed by atoms with Crippen molar-refractivity contribution in [3.63, 3.8) is 0 Å². The third-order valence-electron chi connectivity index (χ3n) is 8.23. The van der Waals surface area contributed by atoms with Crippen molar-refractivity contribution in [3.8, 4) is 5.75 Å². The second kappa shape index (κ2) is 11.5. The summed E-state index contributed by atoms with van der Waals surface area (Å²) in [5.74, 6) is 1.73. The van der Waals surface area contributed by atoms with Gasteiger partial charge in [0.05, 0.1) is 24.7 Å². The highest BCUT2D eigenvalue weighted by Gasteiger charge is 2.34. The molecule has 36 heavy (non-hydrogen) atoms. The Hall–Kier alpha value is -2.74. The Morgan fingerprint density at radius 1 is 1.08 bits per heavy atom. The van der Waals surface area contributed by atoms with Gasteiger partial charge < -0.3 is 9.72 Å². The molecule has 0 amide bonds. The minimum atomic E-state index is -0.0290. The Morgan fingerprint density at radius 3 is 2.56 bits per heavy atom. The highest BCUT2D eigenvalue weighted by Crippen LogP contribution is 2.36. The van der Waals surface area contributed by atoms with Gasteiger partial charge in [0, 0.05) is 24.2 Å². The number of rotatable bonds is 9. The Kier molecular flexibility index (Phi) is 7.99. The molecule has 194 valence electrons. The number of tetrazole rings is 1. The highest BCUT2D eigenvalue weighted by molar-refractivity contribution is 5.80. The molecule has 2 aromatic heterocycles. The van der Waals surface area contributed by atoms with Gasteiger partial charge in [0.25, 0.3) is 5.56 Å². The molecule has 0 unspecified atom stereocenters. The summed E-state index contributed by atoms with van der Waals surface area (Å²) < 4.78 is 7.48. The summed E-state index contributed by atoms with van der Waals surface area (Å²) in [5, 5.41) is 14.3. The van der Waals surface area contributed by atoms with Crippen molar-refractivity contribution in [2.24, 2.45) is 0 Å². The van der Waals surface area contributed by atoms with Gasteiger partial charge in [0.15, 0.2) is 5.82 Å². The molecule has 2 aliphatic carbocycles. The predicted molar refractivity (Wildman–Crippen MR) is 141 cm³/mol. The number of aromatic nitrogens is 5. The van der Waals surface area contributed by atoms with Crippen molar-refractivity contribution < 1.29 is 4.74 Å². The van der Waals surface area contributed by atoms with Crippen LogP contribution in [0.4, 0.5) is 0 Å². The van der Waals surface area contributed by atoms with E-state index < -0.39 is 0 Å². The minimum Gasteiger partial charge on any atom is -0.497 e. The molecular weight excluding hydrogens is 452 g/mol. The van der Waals surface area contributed by atoms with Crippen LogP contribution < -0.4 is 10.3 Å². The number of nitrogens with one attached hydrogen (secondary N) is 1. The Morgan fingerprint density at radius 2 is 1.83 bits per heavy atom. The summed E-state index contributed by atoms with van der Waals surface area (Å²) >= 11 is 0. The first-order chi connectivity index (χ1) is 17.7. The molecule has 0 aliphatic heterocycles. The van der Waals surface area contributed by atoms with Gasteiger partial charge in [0.1, 0.15) is 5.75 Å². The third kappa shape index (κ3) is 5.33. The number of hydrogen-bond acceptors (Lipinski definition) is 6. The van der Waals surface area contributed by atoms with Gasteiger partial charge in [-0.15, -0.1) is 5.10 Å². The average Bonchev–Trinajstić information content (AvgIpc) is 3.41. The first-order valence-corrected chi connectivity index (χ1v) is 13.9. The van der Waals surface area contributed by atoms with E-state index in [1.165, 1.54) is 38.5 Å². The summed E-state index contributed by atoms with van der Waals surface area (Å²) in [6.07, 6.45) is 14.2. The smallest absolute Gasteiger partial charge is 0.252 e. The number of aromatic amines is 1. The van der Waals surface area contributed by atoms with E-state index in [0.29, 0.717) is 18.6 Å². The van der Waals surface area contributed by atoms with Crippen molar-refractivity contribution >= 4 is 10.9 Å². The monoisotopic (exact) mass is 492 g/mol. The molecule has 3 aromatic rings. The van der Waals surface area contributed by atoms with Crippen LogP contribution in [0.25, 0.3) is 10.9 Å². The van der Waals surface area contributed by atoms with E-state index >= 15 is 0 Å². The lowest BCUT2D eigenvalue weighted by Gasteiger charge is -2.40. The summed E-state index contributed by atoms with van der Waals surface area (Å²) in [6, 6.07) is 8.82. The van der Waals surface area contributed by atoms with E-state index in [-0.39, 0.29) is 11.6 Å². The van der Waals surface area contributed by atoms with Gasteiger partial charge in [-0.2, -0.15) is 0 Å². The lowest BCUT2D eigenvalue weighted by Crippen LogP contribution is -2.41. The molecule has 1 atom stereocenters. The van der Waals surface area contributed by atoms with Gasteiger partial charge >= 0.3 is 0 Å². The molecule has 8 nitrogen and oxygen atoms in total. The van der Waals surface area contributed by atoms with Crippen molar-refractivity contribution in [1.82, 2.24) is 30.1 Å². The van der Waals surface area contributed by atoms with Gasteiger partial charge in [0.2, 0.25) is 0 Å². The first-order valence-electron chi connectivity index (χ1n) is 13.9. The van der Waals surface area contributed by atoms with E-state index in [4.69, 9.17) is 4.74 Å². The molecule has 0 radical (unpaired) electrons. The quantitative estimate of drug-likeness (QED) is 0.412. The van der Waals surface area contributed by atoms with Crippen LogP contribution in [0.3, 0.4) is 0 Å².